The van der Waals surface area contributed by atoms with Gasteiger partial charge in [-0.1, -0.05) is 20.3 Å². The third kappa shape index (κ3) is 7.92. The van der Waals surface area contributed by atoms with Crippen LogP contribution in [-0.4, -0.2) is 60.9 Å². The summed E-state index contributed by atoms with van der Waals surface area (Å²) in [5, 5.41) is 8.53. The number of unbranched alkanes of at least 4 members (excludes halogenated alkanes) is 1. The minimum atomic E-state index is -0.867. The monoisotopic (exact) mass is 432 g/mol. The molecule has 2 rings (SSSR count). The Morgan fingerprint density at radius 2 is 1.84 bits per heavy atom. The first kappa shape index (κ1) is 24.2. The van der Waals surface area contributed by atoms with Crippen LogP contribution in [0.25, 0.3) is 0 Å². The molecule has 170 valence electrons. The summed E-state index contributed by atoms with van der Waals surface area (Å²) >= 11 is 0. The van der Waals surface area contributed by atoms with Crippen LogP contribution in [0.3, 0.4) is 0 Å². The lowest BCUT2D eigenvalue weighted by molar-refractivity contribution is -0.151. The van der Waals surface area contributed by atoms with E-state index in [0.29, 0.717) is 37.5 Å². The van der Waals surface area contributed by atoms with E-state index in [2.05, 4.69) is 16.0 Å². The van der Waals surface area contributed by atoms with E-state index in [1.807, 2.05) is 13.8 Å². The molecule has 0 aromatic heterocycles. The quantitative estimate of drug-likeness (QED) is 0.363. The molecule has 1 aromatic rings. The van der Waals surface area contributed by atoms with Gasteiger partial charge in [0.25, 0.3) is 0 Å². The van der Waals surface area contributed by atoms with Crippen molar-refractivity contribution in [3.05, 3.63) is 24.3 Å². The van der Waals surface area contributed by atoms with E-state index in [4.69, 9.17) is 4.74 Å². The van der Waals surface area contributed by atoms with Crippen LogP contribution < -0.4 is 16.0 Å². The van der Waals surface area contributed by atoms with Crippen molar-refractivity contribution in [2.24, 2.45) is 0 Å². The maximum Gasteiger partial charge on any atom is 0.308 e. The summed E-state index contributed by atoms with van der Waals surface area (Å²) in [4.78, 5) is 50.1. The summed E-state index contributed by atoms with van der Waals surface area (Å²) in [6.07, 6.45) is 2.74. The van der Waals surface area contributed by atoms with Crippen LogP contribution in [0.15, 0.2) is 24.3 Å². The molecule has 1 aromatic carbocycles. The van der Waals surface area contributed by atoms with Crippen molar-refractivity contribution < 1.29 is 23.9 Å². The molecule has 9 nitrogen and oxygen atoms in total. The van der Waals surface area contributed by atoms with Crippen LogP contribution in [0.2, 0.25) is 0 Å². The summed E-state index contributed by atoms with van der Waals surface area (Å²) in [6.45, 7) is 4.91. The lowest BCUT2D eigenvalue weighted by Gasteiger charge is -2.34. The Hall–Kier alpha value is -3.10. The summed E-state index contributed by atoms with van der Waals surface area (Å²) in [5.74, 6) is -1.15. The molecule has 3 N–H and O–H groups in total. The smallest absolute Gasteiger partial charge is 0.308 e. The van der Waals surface area contributed by atoms with Gasteiger partial charge in [0.15, 0.2) is 0 Å². The van der Waals surface area contributed by atoms with E-state index in [0.717, 1.165) is 19.3 Å². The number of ether oxygens (including phenoxy) is 1. The molecule has 0 radical (unpaired) electrons. The Labute approximate surface area is 182 Å². The summed E-state index contributed by atoms with van der Waals surface area (Å²) in [7, 11) is 0. The number of amides is 3. The summed E-state index contributed by atoms with van der Waals surface area (Å²) in [6, 6.07) is 6.17. The van der Waals surface area contributed by atoms with E-state index < -0.39 is 12.0 Å². The lowest BCUT2D eigenvalue weighted by atomic mass is 10.1. The highest BCUT2D eigenvalue weighted by Crippen LogP contribution is 2.15. The zero-order valence-corrected chi connectivity index (χ0v) is 18.2. The fourth-order valence-corrected chi connectivity index (χ4v) is 3.16. The second-order valence-corrected chi connectivity index (χ2v) is 7.40. The van der Waals surface area contributed by atoms with Crippen LogP contribution in [-0.2, 0) is 23.9 Å². The first-order valence-electron chi connectivity index (χ1n) is 10.8. The molecule has 0 aliphatic carbocycles. The number of piperazine rings is 1. The highest BCUT2D eigenvalue weighted by molar-refractivity contribution is 5.93. The van der Waals surface area contributed by atoms with Gasteiger partial charge in [0.05, 0.1) is 19.6 Å². The van der Waals surface area contributed by atoms with Crippen molar-refractivity contribution in [3.63, 3.8) is 0 Å². The molecule has 3 amide bonds. The molecule has 31 heavy (non-hydrogen) atoms. The number of nitrogens with one attached hydrogen (secondary N) is 3. The molecule has 1 unspecified atom stereocenters. The molecule has 0 saturated carbocycles. The first-order valence-corrected chi connectivity index (χ1v) is 10.8. The van der Waals surface area contributed by atoms with Crippen LogP contribution in [0.5, 0.6) is 0 Å². The SMILES string of the molecule is CCCCOC(=O)CC1C(=O)NCCN1C(=O)CNc1ccc(NC(=O)CCC)cc1. The van der Waals surface area contributed by atoms with Gasteiger partial charge in [-0.15, -0.1) is 0 Å². The average Bonchev–Trinajstić information content (AvgIpc) is 2.75. The second-order valence-electron chi connectivity index (χ2n) is 7.40. The Bertz CT molecular complexity index is 766. The first-order chi connectivity index (χ1) is 14.9. The van der Waals surface area contributed by atoms with Crippen molar-refractivity contribution >= 4 is 35.1 Å². The van der Waals surface area contributed by atoms with Crippen molar-refractivity contribution in [1.29, 1.82) is 0 Å². The Morgan fingerprint density at radius 1 is 1.13 bits per heavy atom. The normalized spacial score (nSPS) is 15.7. The van der Waals surface area contributed by atoms with Gasteiger partial charge < -0.3 is 25.6 Å². The van der Waals surface area contributed by atoms with Gasteiger partial charge in [-0.3, -0.25) is 19.2 Å². The molecule has 1 atom stereocenters. The van der Waals surface area contributed by atoms with E-state index in [-0.39, 0.29) is 30.7 Å². The standard InChI is InChI=1S/C22H32N4O5/c1-3-5-13-31-21(29)14-18-22(30)23-11-12-26(18)20(28)15-24-16-7-9-17(10-8-16)25-19(27)6-4-2/h7-10,18,24H,3-6,11-15H2,1-2H3,(H,23,30)(H,25,27). The minimum absolute atomic E-state index is 0.0177. The molecule has 9 heteroatoms. The number of nitrogens with zero attached hydrogens (tertiary/aromatic N) is 1. The van der Waals surface area contributed by atoms with Gasteiger partial charge in [-0.25, -0.2) is 0 Å². The Balaban J connectivity index is 1.89. The predicted octanol–water partition coefficient (Wildman–Crippen LogP) is 1.90. The third-order valence-corrected chi connectivity index (χ3v) is 4.86. The van der Waals surface area contributed by atoms with Gasteiger partial charge in [0, 0.05) is 30.9 Å². The Morgan fingerprint density at radius 3 is 2.52 bits per heavy atom. The van der Waals surface area contributed by atoms with Crippen molar-refractivity contribution in [2.75, 3.05) is 36.9 Å². The number of hydrogen-bond donors (Lipinski definition) is 3. The highest BCUT2D eigenvalue weighted by atomic mass is 16.5. The highest BCUT2D eigenvalue weighted by Gasteiger charge is 2.34. The van der Waals surface area contributed by atoms with E-state index in [1.165, 1.54) is 4.90 Å². The molecule has 0 spiro atoms. The van der Waals surface area contributed by atoms with Crippen LogP contribution in [0, 0.1) is 0 Å². The van der Waals surface area contributed by atoms with Gasteiger partial charge >= 0.3 is 5.97 Å². The lowest BCUT2D eigenvalue weighted by Crippen LogP contribution is -2.58. The topological polar surface area (TPSA) is 117 Å². The number of carbonyl (C=O) groups excluding carboxylic acids is 4. The third-order valence-electron chi connectivity index (χ3n) is 4.86. The fraction of sp³-hybridized carbons (Fsp3) is 0.545. The maximum atomic E-state index is 12.7. The summed E-state index contributed by atoms with van der Waals surface area (Å²) < 4.78 is 5.14. The van der Waals surface area contributed by atoms with Crippen LogP contribution >= 0.6 is 0 Å². The molecular formula is C22H32N4O5. The van der Waals surface area contributed by atoms with E-state index in [9.17, 15) is 19.2 Å². The van der Waals surface area contributed by atoms with E-state index in [1.54, 1.807) is 24.3 Å². The molecule has 1 saturated heterocycles. The largest absolute Gasteiger partial charge is 0.466 e. The number of rotatable bonds is 11. The van der Waals surface area contributed by atoms with Gasteiger partial charge in [-0.2, -0.15) is 0 Å². The Kier molecular flexibility index (Phi) is 9.80. The molecule has 1 fully saturated rings. The molecule has 1 aliphatic heterocycles. The van der Waals surface area contributed by atoms with Crippen molar-refractivity contribution in [2.45, 2.75) is 52.0 Å². The molecule has 1 aliphatic rings. The van der Waals surface area contributed by atoms with Crippen molar-refractivity contribution in [1.82, 2.24) is 10.2 Å². The number of carbonyl (C=O) groups is 4. The van der Waals surface area contributed by atoms with E-state index >= 15 is 0 Å². The summed E-state index contributed by atoms with van der Waals surface area (Å²) in [5.41, 5.74) is 1.39. The van der Waals surface area contributed by atoms with Gasteiger partial charge in [0.2, 0.25) is 17.7 Å². The van der Waals surface area contributed by atoms with Crippen LogP contribution in [0.4, 0.5) is 11.4 Å². The number of esters is 1. The number of anilines is 2. The zero-order chi connectivity index (χ0) is 22.6. The number of hydrogen-bond acceptors (Lipinski definition) is 6. The molecule has 0 bridgehead atoms. The van der Waals surface area contributed by atoms with Crippen molar-refractivity contribution in [3.8, 4) is 0 Å². The van der Waals surface area contributed by atoms with Gasteiger partial charge in [0.1, 0.15) is 6.04 Å². The maximum absolute atomic E-state index is 12.7. The predicted molar refractivity (Wildman–Crippen MR) is 117 cm³/mol. The number of benzene rings is 1. The average molecular weight is 433 g/mol. The van der Waals surface area contributed by atoms with Crippen LogP contribution in [0.1, 0.15) is 46.0 Å². The van der Waals surface area contributed by atoms with Gasteiger partial charge in [-0.05, 0) is 37.1 Å². The zero-order valence-electron chi connectivity index (χ0n) is 18.2. The molecular weight excluding hydrogens is 400 g/mol. The fourth-order valence-electron chi connectivity index (χ4n) is 3.16. The second kappa shape index (κ2) is 12.6. The molecule has 1 heterocycles. The minimum Gasteiger partial charge on any atom is -0.466 e.